The van der Waals surface area contributed by atoms with Gasteiger partial charge in [0.15, 0.2) is 0 Å². The summed E-state index contributed by atoms with van der Waals surface area (Å²) in [6, 6.07) is 10.8. The molecule has 20 heavy (non-hydrogen) atoms. The highest BCUT2D eigenvalue weighted by molar-refractivity contribution is 5.34. The zero-order valence-corrected chi connectivity index (χ0v) is 11.3. The number of hydrogen-bond acceptors (Lipinski definition) is 2. The number of hydrogen-bond donors (Lipinski definition) is 1. The Balaban J connectivity index is 2.07. The van der Waals surface area contributed by atoms with Gasteiger partial charge in [-0.25, -0.2) is 8.78 Å². The normalized spacial score (nSPS) is 12.2. The Hall–Kier alpha value is -1.94. The van der Waals surface area contributed by atoms with Crippen LogP contribution in [-0.4, -0.2) is 13.2 Å². The van der Waals surface area contributed by atoms with E-state index in [1.807, 2.05) is 24.3 Å². The van der Waals surface area contributed by atoms with Crippen LogP contribution in [0.4, 0.5) is 8.78 Å². The van der Waals surface area contributed by atoms with Gasteiger partial charge in [0.2, 0.25) is 0 Å². The lowest BCUT2D eigenvalue weighted by atomic mass is 9.99. The molecule has 0 saturated heterocycles. The van der Waals surface area contributed by atoms with Crippen LogP contribution in [0.3, 0.4) is 0 Å². The molecule has 0 saturated carbocycles. The van der Waals surface area contributed by atoms with Gasteiger partial charge in [0, 0.05) is 12.1 Å². The predicted molar refractivity (Wildman–Crippen MR) is 74.7 cm³/mol. The lowest BCUT2D eigenvalue weighted by Gasteiger charge is -2.14. The summed E-state index contributed by atoms with van der Waals surface area (Å²) in [6.07, 6.45) is 0.995. The van der Waals surface area contributed by atoms with Crippen molar-refractivity contribution in [3.05, 3.63) is 65.2 Å². The van der Waals surface area contributed by atoms with Gasteiger partial charge < -0.3 is 10.5 Å². The summed E-state index contributed by atoms with van der Waals surface area (Å²) < 4.78 is 31.5. The smallest absolute Gasteiger partial charge is 0.126 e. The molecule has 2 aromatic carbocycles. The molecule has 0 heterocycles. The summed E-state index contributed by atoms with van der Waals surface area (Å²) in [4.78, 5) is 0. The molecule has 0 amide bonds. The average Bonchev–Trinajstić information content (AvgIpc) is 2.37. The van der Waals surface area contributed by atoms with Gasteiger partial charge in [-0.3, -0.25) is 0 Å². The van der Waals surface area contributed by atoms with Crippen molar-refractivity contribution in [2.24, 2.45) is 5.73 Å². The van der Waals surface area contributed by atoms with Crippen LogP contribution in [0, 0.1) is 11.6 Å². The lowest BCUT2D eigenvalue weighted by Crippen LogP contribution is -2.25. The molecule has 0 aliphatic carbocycles. The maximum Gasteiger partial charge on any atom is 0.126 e. The van der Waals surface area contributed by atoms with E-state index in [1.54, 1.807) is 7.11 Å². The van der Waals surface area contributed by atoms with E-state index in [1.165, 1.54) is 12.1 Å². The number of rotatable bonds is 5. The molecule has 106 valence electrons. The average molecular weight is 277 g/mol. The van der Waals surface area contributed by atoms with E-state index in [0.29, 0.717) is 18.4 Å². The fourth-order valence-corrected chi connectivity index (χ4v) is 2.26. The molecule has 0 radical (unpaired) electrons. The Morgan fingerprint density at radius 3 is 2.35 bits per heavy atom. The van der Waals surface area contributed by atoms with Crippen LogP contribution < -0.4 is 10.5 Å². The maximum absolute atomic E-state index is 13.1. The van der Waals surface area contributed by atoms with Gasteiger partial charge in [0.25, 0.3) is 0 Å². The molecule has 2 rings (SSSR count). The standard InChI is InChI=1S/C16H17F2NO/c1-20-16-5-3-2-4-12(16)9-15(19)8-11-6-13(17)10-14(18)7-11/h2-7,10,15H,8-9,19H2,1H3. The fourth-order valence-electron chi connectivity index (χ4n) is 2.26. The van der Waals surface area contributed by atoms with Crippen molar-refractivity contribution in [1.82, 2.24) is 0 Å². The Morgan fingerprint density at radius 2 is 1.70 bits per heavy atom. The zero-order valence-electron chi connectivity index (χ0n) is 11.3. The summed E-state index contributed by atoms with van der Waals surface area (Å²) in [5.41, 5.74) is 7.61. The second-order valence-electron chi connectivity index (χ2n) is 4.76. The van der Waals surface area contributed by atoms with Crippen molar-refractivity contribution in [3.8, 4) is 5.75 Å². The first-order chi connectivity index (χ1) is 9.58. The first-order valence-corrected chi connectivity index (χ1v) is 6.41. The Morgan fingerprint density at radius 1 is 1.05 bits per heavy atom. The van der Waals surface area contributed by atoms with Crippen molar-refractivity contribution in [2.75, 3.05) is 7.11 Å². The lowest BCUT2D eigenvalue weighted by molar-refractivity contribution is 0.407. The van der Waals surface area contributed by atoms with Gasteiger partial charge in [0.05, 0.1) is 7.11 Å². The van der Waals surface area contributed by atoms with Crippen LogP contribution in [0.15, 0.2) is 42.5 Å². The maximum atomic E-state index is 13.1. The van der Waals surface area contributed by atoms with Crippen molar-refractivity contribution >= 4 is 0 Å². The van der Waals surface area contributed by atoms with Crippen LogP contribution in [0.5, 0.6) is 5.75 Å². The molecule has 4 heteroatoms. The summed E-state index contributed by atoms with van der Waals surface area (Å²) in [5, 5.41) is 0. The minimum absolute atomic E-state index is 0.229. The van der Waals surface area contributed by atoms with E-state index >= 15 is 0 Å². The van der Waals surface area contributed by atoms with E-state index in [4.69, 9.17) is 10.5 Å². The van der Waals surface area contributed by atoms with Gasteiger partial charge in [-0.1, -0.05) is 18.2 Å². The van der Waals surface area contributed by atoms with Crippen LogP contribution in [0.1, 0.15) is 11.1 Å². The largest absolute Gasteiger partial charge is 0.496 e. The van der Waals surface area contributed by atoms with Crippen LogP contribution in [-0.2, 0) is 12.8 Å². The van der Waals surface area contributed by atoms with Gasteiger partial charge in [-0.15, -0.1) is 0 Å². The minimum atomic E-state index is -0.579. The van der Waals surface area contributed by atoms with Crippen LogP contribution in [0.25, 0.3) is 0 Å². The van der Waals surface area contributed by atoms with E-state index in [0.717, 1.165) is 17.4 Å². The molecular formula is C16H17F2NO. The molecule has 0 bridgehead atoms. The van der Waals surface area contributed by atoms with Gasteiger partial charge >= 0.3 is 0 Å². The predicted octanol–water partition coefficient (Wildman–Crippen LogP) is 3.09. The topological polar surface area (TPSA) is 35.2 Å². The van der Waals surface area contributed by atoms with E-state index in [-0.39, 0.29) is 6.04 Å². The number of halogens is 2. The quantitative estimate of drug-likeness (QED) is 0.911. The molecular weight excluding hydrogens is 260 g/mol. The molecule has 2 N–H and O–H groups in total. The highest BCUT2D eigenvalue weighted by Crippen LogP contribution is 2.19. The molecule has 2 nitrogen and oxygen atoms in total. The third-order valence-corrected chi connectivity index (χ3v) is 3.09. The number of ether oxygens (including phenoxy) is 1. The third kappa shape index (κ3) is 3.78. The van der Waals surface area contributed by atoms with Crippen molar-refractivity contribution in [1.29, 1.82) is 0 Å². The second-order valence-corrected chi connectivity index (χ2v) is 4.76. The molecule has 0 aliphatic rings. The van der Waals surface area contributed by atoms with Crippen molar-refractivity contribution in [3.63, 3.8) is 0 Å². The van der Waals surface area contributed by atoms with E-state index < -0.39 is 11.6 Å². The second kappa shape index (κ2) is 6.48. The van der Waals surface area contributed by atoms with Crippen molar-refractivity contribution < 1.29 is 13.5 Å². The summed E-state index contributed by atoms with van der Waals surface area (Å²) in [5.74, 6) is -0.387. The Labute approximate surface area is 117 Å². The first-order valence-electron chi connectivity index (χ1n) is 6.41. The summed E-state index contributed by atoms with van der Waals surface area (Å²) in [7, 11) is 1.60. The molecule has 1 atom stereocenters. The molecule has 2 aromatic rings. The highest BCUT2D eigenvalue weighted by Gasteiger charge is 2.10. The minimum Gasteiger partial charge on any atom is -0.496 e. The molecule has 0 aromatic heterocycles. The van der Waals surface area contributed by atoms with E-state index in [9.17, 15) is 8.78 Å². The number of nitrogens with two attached hydrogens (primary N) is 1. The Bertz CT molecular complexity index is 566. The van der Waals surface area contributed by atoms with Crippen LogP contribution in [0.2, 0.25) is 0 Å². The van der Waals surface area contributed by atoms with Gasteiger partial charge in [-0.2, -0.15) is 0 Å². The summed E-state index contributed by atoms with van der Waals surface area (Å²) >= 11 is 0. The first kappa shape index (κ1) is 14.5. The SMILES string of the molecule is COc1ccccc1CC(N)Cc1cc(F)cc(F)c1. The Kier molecular flexibility index (Phi) is 4.69. The molecule has 0 fully saturated rings. The van der Waals surface area contributed by atoms with Crippen LogP contribution >= 0.6 is 0 Å². The molecule has 1 unspecified atom stereocenters. The number of methoxy groups -OCH3 is 1. The third-order valence-electron chi connectivity index (χ3n) is 3.09. The highest BCUT2D eigenvalue weighted by atomic mass is 19.1. The zero-order chi connectivity index (χ0) is 14.5. The monoisotopic (exact) mass is 277 g/mol. The van der Waals surface area contributed by atoms with Crippen molar-refractivity contribution in [2.45, 2.75) is 18.9 Å². The van der Waals surface area contributed by atoms with E-state index in [2.05, 4.69) is 0 Å². The van der Waals surface area contributed by atoms with Gasteiger partial charge in [-0.05, 0) is 42.2 Å². The number of para-hydroxylation sites is 1. The number of benzene rings is 2. The summed E-state index contributed by atoms with van der Waals surface area (Å²) in [6.45, 7) is 0. The van der Waals surface area contributed by atoms with Gasteiger partial charge in [0.1, 0.15) is 17.4 Å². The fraction of sp³-hybridized carbons (Fsp3) is 0.250. The molecule has 0 spiro atoms. The molecule has 0 aliphatic heterocycles.